The van der Waals surface area contributed by atoms with Crippen molar-refractivity contribution >= 4 is 50.4 Å². The number of amides is 1. The van der Waals surface area contributed by atoms with Gasteiger partial charge in [-0.25, -0.2) is 0 Å². The highest BCUT2D eigenvalue weighted by atomic mass is 32.2. The number of fused-ring (bicyclic) bond motifs is 1. The van der Waals surface area contributed by atoms with E-state index >= 15 is 0 Å². The van der Waals surface area contributed by atoms with Crippen LogP contribution in [0, 0.1) is 0 Å². The van der Waals surface area contributed by atoms with Gasteiger partial charge in [0.05, 0.1) is 10.7 Å². The number of carbonyl (C=O) groups excluding carboxylic acids is 1. The lowest BCUT2D eigenvalue weighted by Crippen LogP contribution is -2.32. The molecule has 0 radical (unpaired) electrons. The fourth-order valence-corrected chi connectivity index (χ4v) is 4.30. The number of carbonyl (C=O) groups is 1. The molecule has 0 aliphatic carbocycles. The third kappa shape index (κ3) is 3.80. The van der Waals surface area contributed by atoms with E-state index in [-0.39, 0.29) is 22.9 Å². The maximum absolute atomic E-state index is 12.4. The molecule has 0 aromatic heterocycles. The topological polar surface area (TPSA) is 83.9 Å². The number of nitrogens with zero attached hydrogens (tertiary/aromatic N) is 1. The van der Waals surface area contributed by atoms with Crippen molar-refractivity contribution in [1.82, 2.24) is 4.90 Å². The molecule has 1 amide bonds. The van der Waals surface area contributed by atoms with Crippen LogP contribution in [-0.4, -0.2) is 46.5 Å². The zero-order valence-electron chi connectivity index (χ0n) is 12.8. The fraction of sp³-hybridized carbons (Fsp3) is 0.333. The summed E-state index contributed by atoms with van der Waals surface area (Å²) in [5.74, 6) is -0.0278. The van der Waals surface area contributed by atoms with Crippen molar-refractivity contribution in [2.75, 3.05) is 12.3 Å². The summed E-state index contributed by atoms with van der Waals surface area (Å²) in [6, 6.07) is 5.72. The molecular formula is C15H15NO5S3. The van der Waals surface area contributed by atoms with Crippen molar-refractivity contribution in [1.29, 1.82) is 0 Å². The molecular weight excluding hydrogens is 370 g/mol. The van der Waals surface area contributed by atoms with E-state index in [9.17, 15) is 13.2 Å². The Bertz CT molecular complexity index is 847. The van der Waals surface area contributed by atoms with Crippen LogP contribution in [0.5, 0.6) is 5.75 Å². The van der Waals surface area contributed by atoms with Crippen LogP contribution in [0.25, 0.3) is 6.08 Å². The molecule has 1 N–H and O–H groups in total. The first-order valence-corrected chi connectivity index (χ1v) is 10.1. The first kappa shape index (κ1) is 17.4. The molecule has 9 heteroatoms. The normalized spacial score (nSPS) is 22.2. The maximum atomic E-state index is 12.4. The van der Waals surface area contributed by atoms with Crippen LogP contribution >= 0.6 is 24.0 Å². The number of thiocarbonyl (C=S) groups is 1. The molecule has 0 spiro atoms. The summed E-state index contributed by atoms with van der Waals surface area (Å²) in [6.07, 6.45) is 2.71. The van der Waals surface area contributed by atoms with Gasteiger partial charge in [0.1, 0.15) is 16.2 Å². The number of benzene rings is 1. The third-order valence-electron chi connectivity index (χ3n) is 3.66. The Kier molecular flexibility index (Phi) is 4.69. The summed E-state index contributed by atoms with van der Waals surface area (Å²) in [7, 11) is -4.14. The Balaban J connectivity index is 1.78. The molecule has 1 saturated heterocycles. The molecule has 128 valence electrons. The molecule has 0 unspecified atom stereocenters. The van der Waals surface area contributed by atoms with Gasteiger partial charge in [0.25, 0.3) is 16.0 Å². The van der Waals surface area contributed by atoms with Crippen molar-refractivity contribution in [2.24, 2.45) is 0 Å². The first-order chi connectivity index (χ1) is 11.2. The Labute approximate surface area is 149 Å². The highest BCUT2D eigenvalue weighted by Crippen LogP contribution is 2.34. The van der Waals surface area contributed by atoms with Crippen molar-refractivity contribution in [3.05, 3.63) is 34.2 Å². The van der Waals surface area contributed by atoms with E-state index in [2.05, 4.69) is 0 Å². The Morgan fingerprint density at radius 2 is 2.25 bits per heavy atom. The largest absolute Gasteiger partial charge is 0.490 e. The van der Waals surface area contributed by atoms with Crippen LogP contribution in [0.1, 0.15) is 18.1 Å². The minimum Gasteiger partial charge on any atom is -0.490 e. The SMILES string of the molecule is C[C@@H]1Cc2cc(/C=C3\SC(=S)N(CCS(=O)(=O)O)C3=O)ccc2O1. The van der Waals surface area contributed by atoms with Gasteiger partial charge in [-0.3, -0.25) is 14.2 Å². The van der Waals surface area contributed by atoms with Gasteiger partial charge in [-0.05, 0) is 36.3 Å². The minimum atomic E-state index is -4.14. The summed E-state index contributed by atoms with van der Waals surface area (Å²) in [4.78, 5) is 14.0. The molecule has 2 heterocycles. The van der Waals surface area contributed by atoms with Gasteiger partial charge in [0.2, 0.25) is 0 Å². The summed E-state index contributed by atoms with van der Waals surface area (Å²) < 4.78 is 36.5. The number of ether oxygens (including phenoxy) is 1. The van der Waals surface area contributed by atoms with Crippen molar-refractivity contribution < 1.29 is 22.5 Å². The summed E-state index contributed by atoms with van der Waals surface area (Å²) in [5, 5.41) is 0. The maximum Gasteiger partial charge on any atom is 0.266 e. The van der Waals surface area contributed by atoms with Crippen molar-refractivity contribution in [2.45, 2.75) is 19.4 Å². The third-order valence-corrected chi connectivity index (χ3v) is 5.74. The van der Waals surface area contributed by atoms with Gasteiger partial charge in [-0.2, -0.15) is 8.42 Å². The van der Waals surface area contributed by atoms with E-state index in [4.69, 9.17) is 21.5 Å². The van der Waals surface area contributed by atoms with Gasteiger partial charge in [-0.15, -0.1) is 0 Å². The Morgan fingerprint density at radius 1 is 1.50 bits per heavy atom. The first-order valence-electron chi connectivity index (χ1n) is 7.23. The van der Waals surface area contributed by atoms with Crippen LogP contribution in [0.2, 0.25) is 0 Å². The zero-order chi connectivity index (χ0) is 17.5. The van der Waals surface area contributed by atoms with E-state index in [1.165, 1.54) is 4.90 Å². The van der Waals surface area contributed by atoms with E-state index in [1.54, 1.807) is 6.08 Å². The van der Waals surface area contributed by atoms with Crippen LogP contribution in [0.15, 0.2) is 23.1 Å². The monoisotopic (exact) mass is 385 g/mol. The summed E-state index contributed by atoms with van der Waals surface area (Å²) >= 11 is 6.25. The lowest BCUT2D eigenvalue weighted by atomic mass is 10.1. The lowest BCUT2D eigenvalue weighted by molar-refractivity contribution is -0.121. The molecule has 2 aliphatic rings. The van der Waals surface area contributed by atoms with Crippen molar-refractivity contribution in [3.8, 4) is 5.75 Å². The predicted molar refractivity (Wildman–Crippen MR) is 96.5 cm³/mol. The average molecular weight is 385 g/mol. The molecule has 1 aromatic rings. The highest BCUT2D eigenvalue weighted by Gasteiger charge is 2.32. The van der Waals surface area contributed by atoms with E-state index < -0.39 is 15.9 Å². The van der Waals surface area contributed by atoms with Crippen LogP contribution in [0.3, 0.4) is 0 Å². The summed E-state index contributed by atoms with van der Waals surface area (Å²) in [6.45, 7) is 1.84. The molecule has 1 aromatic carbocycles. The van der Waals surface area contributed by atoms with Crippen LogP contribution in [0.4, 0.5) is 0 Å². The van der Waals surface area contributed by atoms with Crippen LogP contribution in [-0.2, 0) is 21.3 Å². The molecule has 0 bridgehead atoms. The number of rotatable bonds is 4. The quantitative estimate of drug-likeness (QED) is 0.483. The summed E-state index contributed by atoms with van der Waals surface area (Å²) in [5.41, 5.74) is 1.96. The Hall–Kier alpha value is -1.42. The van der Waals surface area contributed by atoms with E-state index in [0.29, 0.717) is 4.91 Å². The van der Waals surface area contributed by atoms with Gasteiger partial charge in [0.15, 0.2) is 0 Å². The molecule has 3 rings (SSSR count). The van der Waals surface area contributed by atoms with Gasteiger partial charge in [0, 0.05) is 13.0 Å². The molecule has 6 nitrogen and oxygen atoms in total. The molecule has 24 heavy (non-hydrogen) atoms. The zero-order valence-corrected chi connectivity index (χ0v) is 15.2. The standard InChI is InChI=1S/C15H15NO5S3/c1-9-6-11-7-10(2-3-12(11)21-9)8-13-14(17)16(15(22)23-13)4-5-24(18,19)20/h2-3,7-9H,4-6H2,1H3,(H,18,19,20)/b13-8-/t9-/m1/s1. The van der Waals surface area contributed by atoms with Gasteiger partial charge < -0.3 is 4.74 Å². The second-order valence-corrected chi connectivity index (χ2v) is 8.87. The molecule has 1 atom stereocenters. The number of thioether (sulfide) groups is 1. The smallest absolute Gasteiger partial charge is 0.266 e. The van der Waals surface area contributed by atoms with Crippen molar-refractivity contribution in [3.63, 3.8) is 0 Å². The second-order valence-electron chi connectivity index (χ2n) is 5.62. The highest BCUT2D eigenvalue weighted by molar-refractivity contribution is 8.26. The lowest BCUT2D eigenvalue weighted by Gasteiger charge is -2.12. The predicted octanol–water partition coefficient (Wildman–Crippen LogP) is 2.10. The number of hydrogen-bond donors (Lipinski definition) is 1. The molecule has 2 aliphatic heterocycles. The Morgan fingerprint density at radius 3 is 2.96 bits per heavy atom. The number of hydrogen-bond acceptors (Lipinski definition) is 6. The minimum absolute atomic E-state index is 0.147. The molecule has 1 fully saturated rings. The van der Waals surface area contributed by atoms with Crippen LogP contribution < -0.4 is 4.74 Å². The van der Waals surface area contributed by atoms with E-state index in [1.807, 2.05) is 25.1 Å². The van der Waals surface area contributed by atoms with Gasteiger partial charge >= 0.3 is 0 Å². The van der Waals surface area contributed by atoms with Gasteiger partial charge in [-0.1, -0.05) is 30.0 Å². The molecule has 0 saturated carbocycles. The van der Waals surface area contributed by atoms with E-state index in [0.717, 1.165) is 35.1 Å². The second kappa shape index (κ2) is 6.47. The average Bonchev–Trinajstić information content (AvgIpc) is 2.96. The fourth-order valence-electron chi connectivity index (χ4n) is 2.58.